The molecule has 1 aliphatic carbocycles. The minimum absolute atomic E-state index is 0.0346. The number of amides is 6. The molecule has 2 bridgehead atoms. The molecule has 9 N–H and O–H groups in total. The Labute approximate surface area is 547 Å². The van der Waals surface area contributed by atoms with Gasteiger partial charge >= 0.3 is 26.9 Å². The van der Waals surface area contributed by atoms with E-state index in [2.05, 4.69) is 16.0 Å². The molecule has 24 heteroatoms. The maximum atomic E-state index is 13.7. The third-order valence-corrected chi connectivity index (χ3v) is 28.0. The number of nitrogens with two attached hydrogens (primary N) is 3. The van der Waals surface area contributed by atoms with Gasteiger partial charge in [0.2, 0.25) is 17.7 Å². The summed E-state index contributed by atoms with van der Waals surface area (Å²) in [4.78, 5) is 115. The van der Waals surface area contributed by atoms with Crippen molar-refractivity contribution >= 4 is 79.7 Å². The van der Waals surface area contributed by atoms with Gasteiger partial charge in [-0.05, 0) is 170 Å². The van der Waals surface area contributed by atoms with Gasteiger partial charge in [0.05, 0.1) is 18.3 Å². The predicted molar refractivity (Wildman–Crippen MR) is 354 cm³/mol. The second-order valence-electron chi connectivity index (χ2n) is 25.4. The molecule has 505 valence electrons. The van der Waals surface area contributed by atoms with E-state index in [1.165, 1.54) is 0 Å². The highest BCUT2D eigenvalue weighted by Crippen LogP contribution is 2.42. The van der Waals surface area contributed by atoms with Crippen molar-refractivity contribution in [3.63, 3.8) is 0 Å². The zero-order valence-electron chi connectivity index (χ0n) is 55.2. The third-order valence-electron chi connectivity index (χ3n) is 18.2. The smallest absolute Gasteiger partial charge is 0.392 e. The molecule has 6 rings (SSSR count). The molecule has 11 atom stereocenters. The molecule has 1 saturated carbocycles. The van der Waals surface area contributed by atoms with Crippen LogP contribution in [0.25, 0.3) is 0 Å². The van der Waals surface area contributed by atoms with E-state index in [1.807, 2.05) is 32.9 Å². The molecular weight excluding hydrogens is 1230 g/mol. The Morgan fingerprint density at radius 3 is 1.25 bits per heavy atom. The van der Waals surface area contributed by atoms with Crippen molar-refractivity contribution in [3.8, 4) is 0 Å². The topological polar surface area (TPSA) is 323 Å². The number of carbonyl (C=O) groups excluding carboxylic acids is 9. The van der Waals surface area contributed by atoms with Gasteiger partial charge in [0.1, 0.15) is 17.3 Å². The van der Waals surface area contributed by atoms with Crippen LogP contribution in [0.4, 0.5) is 0 Å². The summed E-state index contributed by atoms with van der Waals surface area (Å²) >= 11 is 0. The van der Waals surface area contributed by atoms with Crippen LogP contribution in [-0.4, -0.2) is 125 Å². The van der Waals surface area contributed by atoms with E-state index >= 15 is 0 Å². The van der Waals surface area contributed by atoms with Gasteiger partial charge in [0.25, 0.3) is 17.7 Å². The summed E-state index contributed by atoms with van der Waals surface area (Å²) in [6.45, 7) is 11.5. The summed E-state index contributed by atoms with van der Waals surface area (Å²) in [5, 5.41) is 9.13. The van der Waals surface area contributed by atoms with E-state index in [0.29, 0.717) is 125 Å². The highest BCUT2D eigenvalue weighted by atomic mass is 28.5. The van der Waals surface area contributed by atoms with Crippen LogP contribution in [-0.2, 0) is 74.0 Å². The summed E-state index contributed by atoms with van der Waals surface area (Å²) < 4.78 is 42.0. The van der Waals surface area contributed by atoms with E-state index in [1.54, 1.807) is 88.5 Å². The highest BCUT2D eigenvalue weighted by Gasteiger charge is 2.62. The lowest BCUT2D eigenvalue weighted by molar-refractivity contribution is -0.126. The number of fused-ring (bicyclic) bond motifs is 1. The molecule has 0 aromatic heterocycles. The lowest BCUT2D eigenvalue weighted by Crippen LogP contribution is -2.58. The Balaban J connectivity index is 1.14. The molecule has 3 fully saturated rings. The number of carbonyl (C=O) groups is 9. The van der Waals surface area contributed by atoms with E-state index in [-0.39, 0.29) is 78.1 Å². The van der Waals surface area contributed by atoms with E-state index in [4.69, 9.17) is 43.1 Å². The van der Waals surface area contributed by atoms with E-state index < -0.39 is 74.6 Å². The summed E-state index contributed by atoms with van der Waals surface area (Å²) in [7, 11) is -8.14. The van der Waals surface area contributed by atoms with Crippen LogP contribution in [0.15, 0.2) is 72.8 Å². The standard InChI is InChI=1S/C68H101N6O15Si3/c1-8-16-54(45(4)75)42-57(63(69)78)39-48-21-27-51(28-22-48)66(81)72-33-13-36-90-85-60-19-11-12-20-61-62(60)87-92(88-90,38-15-35-74-68(83)53-31-25-50(26-32-53)41-59(65(71)80)44-56(18-10-3)47(6)77)89-91(84-7,86-61)37-14-34-73-67(82)52-29-23-49(24-30-52)40-58(64(70)79)43-55(17-9-2)46(5)76/h21-32,54-62H,8-20,33-44H2,1-7H3,(H2,69,78)(H2,70,79)(H2,71,80)(H,72,81)(H,73,82)(H,74,83). The van der Waals surface area contributed by atoms with Crippen LogP contribution in [0, 0.1) is 35.5 Å². The average Bonchev–Trinajstić information content (AvgIpc) is 1.61. The van der Waals surface area contributed by atoms with Gasteiger partial charge in [0, 0.05) is 91.0 Å². The molecular formula is C68H101N6O15Si3. The molecule has 3 aliphatic rings. The van der Waals surface area contributed by atoms with E-state index in [0.717, 1.165) is 48.8 Å². The van der Waals surface area contributed by atoms with Gasteiger partial charge in [-0.25, -0.2) is 0 Å². The van der Waals surface area contributed by atoms with Crippen LogP contribution < -0.4 is 33.2 Å². The first-order valence-corrected chi connectivity index (χ1v) is 38.7. The lowest BCUT2D eigenvalue weighted by Gasteiger charge is -2.36. The number of nitrogens with one attached hydrogen (secondary N) is 3. The summed E-state index contributed by atoms with van der Waals surface area (Å²) in [5.74, 6) is -4.47. The fraction of sp³-hybridized carbons (Fsp3) is 0.603. The minimum atomic E-state index is -3.85. The predicted octanol–water partition coefficient (Wildman–Crippen LogP) is 8.37. The fourth-order valence-electron chi connectivity index (χ4n) is 12.8. The first-order chi connectivity index (χ1) is 44.0. The minimum Gasteiger partial charge on any atom is -0.392 e. The Hall–Kier alpha value is -6.10. The van der Waals surface area contributed by atoms with Crippen LogP contribution in [0.2, 0.25) is 18.1 Å². The van der Waals surface area contributed by atoms with Crippen LogP contribution in [0.5, 0.6) is 0 Å². The second kappa shape index (κ2) is 37.1. The van der Waals surface area contributed by atoms with Gasteiger partial charge in [-0.3, -0.25) is 43.2 Å². The van der Waals surface area contributed by atoms with Crippen molar-refractivity contribution in [2.45, 2.75) is 200 Å². The van der Waals surface area contributed by atoms with Gasteiger partial charge in [-0.2, -0.15) is 0 Å². The summed E-state index contributed by atoms with van der Waals surface area (Å²) in [6.07, 6.45) is 9.70. The number of ketones is 3. The molecule has 2 saturated heterocycles. The zero-order valence-corrected chi connectivity index (χ0v) is 58.2. The molecule has 11 unspecified atom stereocenters. The van der Waals surface area contributed by atoms with Crippen LogP contribution in [0.3, 0.4) is 0 Å². The maximum Gasteiger partial charge on any atom is 0.493 e. The summed E-state index contributed by atoms with van der Waals surface area (Å²) in [6, 6.07) is 22.2. The average molecular weight is 1330 g/mol. The summed E-state index contributed by atoms with van der Waals surface area (Å²) in [5.41, 5.74) is 21.2. The second-order valence-corrected chi connectivity index (χ2v) is 33.1. The molecule has 0 spiro atoms. The molecule has 92 heavy (non-hydrogen) atoms. The fourth-order valence-corrected chi connectivity index (χ4v) is 23.7. The Kier molecular flexibility index (Phi) is 30.2. The molecule has 21 nitrogen and oxygen atoms in total. The number of primary amides is 3. The zero-order chi connectivity index (χ0) is 67.0. The number of rotatable bonds is 40. The lowest BCUT2D eigenvalue weighted by atomic mass is 9.85. The first kappa shape index (κ1) is 74.9. The van der Waals surface area contributed by atoms with Gasteiger partial charge in [0.15, 0.2) is 0 Å². The number of Topliss-reactive ketones (excluding diaryl/α,β-unsaturated/α-hetero) is 3. The molecule has 1 radical (unpaired) electrons. The molecule has 2 aliphatic heterocycles. The Morgan fingerprint density at radius 1 is 0.522 bits per heavy atom. The third kappa shape index (κ3) is 22.8. The van der Waals surface area contributed by atoms with Gasteiger partial charge < -0.3 is 59.1 Å². The van der Waals surface area contributed by atoms with Crippen LogP contribution in [0.1, 0.15) is 192 Å². The largest absolute Gasteiger partial charge is 0.493 e. The highest BCUT2D eigenvalue weighted by molar-refractivity contribution is 6.78. The maximum absolute atomic E-state index is 13.7. The van der Waals surface area contributed by atoms with Crippen molar-refractivity contribution in [2.75, 3.05) is 26.7 Å². The normalized spacial score (nSPS) is 21.8. The van der Waals surface area contributed by atoms with Gasteiger partial charge in [-0.1, -0.05) is 89.3 Å². The van der Waals surface area contributed by atoms with Crippen molar-refractivity contribution < 1.29 is 69.1 Å². The number of benzene rings is 3. The van der Waals surface area contributed by atoms with Crippen molar-refractivity contribution in [2.24, 2.45) is 52.7 Å². The van der Waals surface area contributed by atoms with Crippen molar-refractivity contribution in [3.05, 3.63) is 106 Å². The van der Waals surface area contributed by atoms with E-state index in [9.17, 15) is 43.2 Å². The first-order valence-electron chi connectivity index (χ1n) is 33.3. The molecule has 6 amide bonds. The SMILES string of the molecule is CCCC(CC(Cc1ccc(C(=O)NCCC[Si]2OC3CCCCC4O[Si](CCCNC(=O)c5ccc(CC(CC(CCC)C(C)=O)C(N)=O)cc5)(OC)O[Si](CCCNC(=O)c5ccc(CC(CC(CCC)C(C)=O)C(N)=O)cc5)(OC34)O2)cc1)C(N)=O)C(C)=O. The molecule has 3 aromatic rings. The Bertz CT molecular complexity index is 2940. The van der Waals surface area contributed by atoms with Gasteiger partial charge in [-0.15, -0.1) is 0 Å². The quantitative estimate of drug-likeness (QED) is 0.0230. The molecule has 3 aromatic carbocycles. The van der Waals surface area contributed by atoms with Crippen LogP contribution >= 0.6 is 0 Å². The number of hydrogen-bond donors (Lipinski definition) is 6. The molecule has 2 heterocycles. The monoisotopic (exact) mass is 1330 g/mol. The number of hydrogen-bond acceptors (Lipinski definition) is 15. The van der Waals surface area contributed by atoms with Crippen molar-refractivity contribution in [1.82, 2.24) is 16.0 Å². The Morgan fingerprint density at radius 2 is 0.891 bits per heavy atom. The van der Waals surface area contributed by atoms with Crippen molar-refractivity contribution in [1.29, 1.82) is 0 Å².